The largest absolute Gasteiger partial charge is 0.379 e. The number of benzene rings is 1. The first-order chi connectivity index (χ1) is 13.2. The zero-order valence-electron chi connectivity index (χ0n) is 15.2. The molecule has 2 aromatic rings. The molecule has 1 aliphatic carbocycles. The summed E-state index contributed by atoms with van der Waals surface area (Å²) in [5.41, 5.74) is 1.69. The highest BCUT2D eigenvalue weighted by atomic mass is 35.5. The standard InChI is InChI=1S/C20H24ClN3O2S/c21-17-4-2-1-3-16(17)18-13-27-20(22-18)23-19(25)14-5-7-15(8-6-14)24-9-11-26-12-10-24/h1-4,13-15H,5-12H2,(H,22,23,25)/t14-,15+. The Kier molecular flexibility index (Phi) is 6.08. The minimum atomic E-state index is 0.0787. The molecule has 2 heterocycles. The molecule has 4 rings (SSSR count). The van der Waals surface area contributed by atoms with Gasteiger partial charge in [-0.3, -0.25) is 9.69 Å². The van der Waals surface area contributed by atoms with Crippen LogP contribution in [0.25, 0.3) is 11.3 Å². The van der Waals surface area contributed by atoms with E-state index in [1.807, 2.05) is 29.6 Å². The lowest BCUT2D eigenvalue weighted by atomic mass is 9.84. The number of thiazole rings is 1. The number of amides is 1. The van der Waals surface area contributed by atoms with Crippen LogP contribution in [0.1, 0.15) is 25.7 Å². The number of nitrogens with zero attached hydrogens (tertiary/aromatic N) is 2. The molecule has 2 fully saturated rings. The third-order valence-electron chi connectivity index (χ3n) is 5.51. The van der Waals surface area contributed by atoms with E-state index in [-0.39, 0.29) is 11.8 Å². The summed E-state index contributed by atoms with van der Waals surface area (Å²) < 4.78 is 5.44. The van der Waals surface area contributed by atoms with Gasteiger partial charge in [0.05, 0.1) is 18.9 Å². The monoisotopic (exact) mass is 405 g/mol. The molecule has 1 aromatic heterocycles. The molecular formula is C20H24ClN3O2S. The van der Waals surface area contributed by atoms with Gasteiger partial charge >= 0.3 is 0 Å². The average Bonchev–Trinajstić information content (AvgIpc) is 3.17. The number of hydrogen-bond acceptors (Lipinski definition) is 5. The molecule has 0 bridgehead atoms. The van der Waals surface area contributed by atoms with Crippen LogP contribution in [-0.2, 0) is 9.53 Å². The Morgan fingerprint density at radius 1 is 1.19 bits per heavy atom. The first-order valence-corrected chi connectivity index (χ1v) is 10.8. The van der Waals surface area contributed by atoms with Crippen molar-refractivity contribution in [1.29, 1.82) is 0 Å². The van der Waals surface area contributed by atoms with E-state index >= 15 is 0 Å². The number of carbonyl (C=O) groups excluding carboxylic acids is 1. The summed E-state index contributed by atoms with van der Waals surface area (Å²) in [5, 5.41) is 6.26. The maximum atomic E-state index is 12.7. The van der Waals surface area contributed by atoms with Crippen molar-refractivity contribution < 1.29 is 9.53 Å². The van der Waals surface area contributed by atoms with Crippen LogP contribution in [0.2, 0.25) is 5.02 Å². The van der Waals surface area contributed by atoms with E-state index in [4.69, 9.17) is 16.3 Å². The Labute approximate surface area is 168 Å². The first kappa shape index (κ1) is 18.9. The maximum Gasteiger partial charge on any atom is 0.229 e. The fraction of sp³-hybridized carbons (Fsp3) is 0.500. The predicted octanol–water partition coefficient (Wildman–Crippen LogP) is 4.29. The van der Waals surface area contributed by atoms with Crippen LogP contribution in [0.5, 0.6) is 0 Å². The molecule has 1 aliphatic heterocycles. The Bertz CT molecular complexity index is 783. The van der Waals surface area contributed by atoms with E-state index in [1.54, 1.807) is 0 Å². The molecule has 7 heteroatoms. The van der Waals surface area contributed by atoms with Gasteiger partial charge in [0, 0.05) is 41.0 Å². The molecule has 0 spiro atoms. The van der Waals surface area contributed by atoms with Crippen molar-refractivity contribution in [3.05, 3.63) is 34.7 Å². The number of rotatable bonds is 4. The molecule has 0 unspecified atom stereocenters. The molecule has 1 aromatic carbocycles. The van der Waals surface area contributed by atoms with Gasteiger partial charge in [0.1, 0.15) is 0 Å². The van der Waals surface area contributed by atoms with Gasteiger partial charge in [-0.05, 0) is 31.7 Å². The normalized spacial score (nSPS) is 23.9. The van der Waals surface area contributed by atoms with Crippen molar-refractivity contribution >= 4 is 34.0 Å². The van der Waals surface area contributed by atoms with Crippen molar-refractivity contribution in [3.63, 3.8) is 0 Å². The lowest BCUT2D eigenvalue weighted by Gasteiger charge is -2.38. The van der Waals surface area contributed by atoms with E-state index in [0.29, 0.717) is 16.2 Å². The third-order valence-corrected chi connectivity index (χ3v) is 6.60. The summed E-state index contributed by atoms with van der Waals surface area (Å²) in [6, 6.07) is 8.22. The predicted molar refractivity (Wildman–Crippen MR) is 109 cm³/mol. The van der Waals surface area contributed by atoms with E-state index in [2.05, 4.69) is 15.2 Å². The number of carbonyl (C=O) groups is 1. The molecule has 1 saturated carbocycles. The van der Waals surface area contributed by atoms with Gasteiger partial charge in [0.2, 0.25) is 5.91 Å². The topological polar surface area (TPSA) is 54.5 Å². The highest BCUT2D eigenvalue weighted by Crippen LogP contribution is 2.32. The van der Waals surface area contributed by atoms with Gasteiger partial charge in [-0.2, -0.15) is 0 Å². The highest BCUT2D eigenvalue weighted by Gasteiger charge is 2.30. The van der Waals surface area contributed by atoms with Crippen LogP contribution < -0.4 is 5.32 Å². The van der Waals surface area contributed by atoms with E-state index < -0.39 is 0 Å². The molecule has 0 radical (unpaired) electrons. The number of anilines is 1. The number of aromatic nitrogens is 1. The fourth-order valence-electron chi connectivity index (χ4n) is 3.98. The number of ether oxygens (including phenoxy) is 1. The summed E-state index contributed by atoms with van der Waals surface area (Å²) in [6.45, 7) is 3.70. The zero-order valence-corrected chi connectivity index (χ0v) is 16.8. The summed E-state index contributed by atoms with van der Waals surface area (Å²) in [5.74, 6) is 0.172. The van der Waals surface area contributed by atoms with Crippen molar-refractivity contribution in [3.8, 4) is 11.3 Å². The molecular weight excluding hydrogens is 382 g/mol. The number of nitrogens with one attached hydrogen (secondary N) is 1. The zero-order chi connectivity index (χ0) is 18.6. The van der Waals surface area contributed by atoms with Crippen molar-refractivity contribution in [2.24, 2.45) is 5.92 Å². The Hall–Kier alpha value is -1.47. The molecule has 0 atom stereocenters. The number of morpholine rings is 1. The van der Waals surface area contributed by atoms with Gasteiger partial charge in [0.15, 0.2) is 5.13 Å². The van der Waals surface area contributed by atoms with Crippen molar-refractivity contribution in [2.75, 3.05) is 31.6 Å². The van der Waals surface area contributed by atoms with Crippen LogP contribution >= 0.6 is 22.9 Å². The number of hydrogen-bond donors (Lipinski definition) is 1. The second-order valence-electron chi connectivity index (χ2n) is 7.16. The van der Waals surface area contributed by atoms with Gasteiger partial charge in [-0.15, -0.1) is 11.3 Å². The molecule has 1 N–H and O–H groups in total. The third kappa shape index (κ3) is 4.51. The van der Waals surface area contributed by atoms with Crippen LogP contribution in [0.3, 0.4) is 0 Å². The second kappa shape index (κ2) is 8.69. The molecule has 1 saturated heterocycles. The summed E-state index contributed by atoms with van der Waals surface area (Å²) >= 11 is 7.68. The lowest BCUT2D eigenvalue weighted by molar-refractivity contribution is -0.121. The summed E-state index contributed by atoms with van der Waals surface area (Å²) in [7, 11) is 0. The first-order valence-electron chi connectivity index (χ1n) is 9.54. The van der Waals surface area contributed by atoms with E-state index in [9.17, 15) is 4.79 Å². The quantitative estimate of drug-likeness (QED) is 0.824. The van der Waals surface area contributed by atoms with Crippen LogP contribution in [0.15, 0.2) is 29.6 Å². The van der Waals surface area contributed by atoms with E-state index in [1.165, 1.54) is 11.3 Å². The Morgan fingerprint density at radius 3 is 2.67 bits per heavy atom. The molecule has 144 valence electrons. The molecule has 2 aliphatic rings. The van der Waals surface area contributed by atoms with Crippen LogP contribution in [0.4, 0.5) is 5.13 Å². The van der Waals surface area contributed by atoms with Crippen LogP contribution in [0, 0.1) is 5.92 Å². The minimum Gasteiger partial charge on any atom is -0.379 e. The Morgan fingerprint density at radius 2 is 1.93 bits per heavy atom. The molecule has 5 nitrogen and oxygen atoms in total. The smallest absolute Gasteiger partial charge is 0.229 e. The molecule has 1 amide bonds. The van der Waals surface area contributed by atoms with Crippen molar-refractivity contribution in [2.45, 2.75) is 31.7 Å². The minimum absolute atomic E-state index is 0.0787. The maximum absolute atomic E-state index is 12.7. The van der Waals surface area contributed by atoms with E-state index in [0.717, 1.165) is 63.2 Å². The van der Waals surface area contributed by atoms with Crippen molar-refractivity contribution in [1.82, 2.24) is 9.88 Å². The second-order valence-corrected chi connectivity index (χ2v) is 8.43. The van der Waals surface area contributed by atoms with Gasteiger partial charge in [-0.1, -0.05) is 29.8 Å². The SMILES string of the molecule is O=C(Nc1nc(-c2ccccc2Cl)cs1)[C@H]1CC[C@@H](N2CCOCC2)CC1. The fourth-order valence-corrected chi connectivity index (χ4v) is 4.92. The van der Waals surface area contributed by atoms with Gasteiger partial charge in [-0.25, -0.2) is 4.98 Å². The lowest BCUT2D eigenvalue weighted by Crippen LogP contribution is -2.45. The Balaban J connectivity index is 1.32. The average molecular weight is 406 g/mol. The van der Waals surface area contributed by atoms with Gasteiger partial charge < -0.3 is 10.1 Å². The number of halogens is 1. The highest BCUT2D eigenvalue weighted by molar-refractivity contribution is 7.14. The summed E-state index contributed by atoms with van der Waals surface area (Å²) in [6.07, 6.45) is 4.05. The molecule has 27 heavy (non-hydrogen) atoms. The van der Waals surface area contributed by atoms with Gasteiger partial charge in [0.25, 0.3) is 0 Å². The summed E-state index contributed by atoms with van der Waals surface area (Å²) in [4.78, 5) is 19.7. The van der Waals surface area contributed by atoms with Crippen LogP contribution in [-0.4, -0.2) is 48.1 Å².